The number of carbonyl (C=O) groups is 1. The van der Waals surface area contributed by atoms with Gasteiger partial charge in [0.1, 0.15) is 17.2 Å². The summed E-state index contributed by atoms with van der Waals surface area (Å²) in [5, 5.41) is 0. The molecule has 0 radical (unpaired) electrons. The number of allylic oxidation sites excluding steroid dienone is 1. The number of hydrogen-bond donors (Lipinski definition) is 0. The van der Waals surface area contributed by atoms with E-state index in [-0.39, 0.29) is 11.2 Å². The fourth-order valence-electron chi connectivity index (χ4n) is 3.30. The van der Waals surface area contributed by atoms with Crippen molar-refractivity contribution in [1.82, 2.24) is 0 Å². The molecule has 0 saturated carbocycles. The molecule has 0 aliphatic rings. The van der Waals surface area contributed by atoms with Crippen LogP contribution in [0.1, 0.15) is 82.3 Å². The van der Waals surface area contributed by atoms with E-state index in [0.29, 0.717) is 25.4 Å². The Balaban J connectivity index is 2.32. The van der Waals surface area contributed by atoms with E-state index in [2.05, 4.69) is 41.5 Å². The second-order valence-corrected chi connectivity index (χ2v) is 8.91. The van der Waals surface area contributed by atoms with Crippen LogP contribution in [0.25, 0.3) is 6.08 Å². The number of ether oxygens (including phenoxy) is 3. The molecule has 4 heteroatoms. The zero-order chi connectivity index (χ0) is 23.6. The molecule has 0 aliphatic heterocycles. The minimum Gasteiger partial charge on any atom is -0.494 e. The van der Waals surface area contributed by atoms with E-state index >= 15 is 0 Å². The number of benzene rings is 2. The summed E-state index contributed by atoms with van der Waals surface area (Å²) >= 11 is 0. The van der Waals surface area contributed by atoms with Crippen LogP contribution < -0.4 is 14.2 Å². The SMILES string of the molecule is CCCOc1ccc(C(=O)C=Cc2cc(OCCC)c(C(C)(C)C)c(OCCC)c2)cc1. The first-order valence-corrected chi connectivity index (χ1v) is 11.7. The molecule has 0 bridgehead atoms. The highest BCUT2D eigenvalue weighted by Gasteiger charge is 2.25. The van der Waals surface area contributed by atoms with Crippen molar-refractivity contribution in [3.05, 3.63) is 59.2 Å². The Morgan fingerprint density at radius 1 is 0.812 bits per heavy atom. The highest BCUT2D eigenvalue weighted by atomic mass is 16.5. The molecular formula is C28H38O4. The summed E-state index contributed by atoms with van der Waals surface area (Å²) in [5.41, 5.74) is 2.43. The molecule has 4 nitrogen and oxygen atoms in total. The monoisotopic (exact) mass is 438 g/mol. The van der Waals surface area contributed by atoms with Gasteiger partial charge in [0.15, 0.2) is 5.78 Å². The van der Waals surface area contributed by atoms with E-state index in [1.54, 1.807) is 18.2 Å². The average Bonchev–Trinajstić information content (AvgIpc) is 2.77. The largest absolute Gasteiger partial charge is 0.494 e. The fourth-order valence-corrected chi connectivity index (χ4v) is 3.30. The lowest BCUT2D eigenvalue weighted by molar-refractivity contribution is 0.104. The molecule has 2 rings (SSSR count). The van der Waals surface area contributed by atoms with Crippen LogP contribution in [-0.4, -0.2) is 25.6 Å². The Bertz CT molecular complexity index is 860. The first kappa shape index (κ1) is 25.5. The summed E-state index contributed by atoms with van der Waals surface area (Å²) in [6.45, 7) is 14.7. The van der Waals surface area contributed by atoms with Gasteiger partial charge in [-0.2, -0.15) is 0 Å². The third-order valence-electron chi connectivity index (χ3n) is 4.80. The molecule has 174 valence electrons. The third-order valence-corrected chi connectivity index (χ3v) is 4.80. The van der Waals surface area contributed by atoms with Crippen LogP contribution in [-0.2, 0) is 5.41 Å². The molecule has 2 aromatic carbocycles. The van der Waals surface area contributed by atoms with Crippen LogP contribution in [0, 0.1) is 0 Å². The van der Waals surface area contributed by atoms with E-state index in [4.69, 9.17) is 14.2 Å². The summed E-state index contributed by atoms with van der Waals surface area (Å²) in [5.74, 6) is 2.36. The number of ketones is 1. The van der Waals surface area contributed by atoms with Gasteiger partial charge in [-0.1, -0.05) is 47.6 Å². The van der Waals surface area contributed by atoms with Gasteiger partial charge in [-0.05, 0) is 72.7 Å². The Morgan fingerprint density at radius 2 is 1.31 bits per heavy atom. The van der Waals surface area contributed by atoms with Gasteiger partial charge in [0.05, 0.1) is 19.8 Å². The lowest BCUT2D eigenvalue weighted by Gasteiger charge is -2.26. The van der Waals surface area contributed by atoms with Gasteiger partial charge in [0.2, 0.25) is 0 Å². The minimum absolute atomic E-state index is 0.0565. The molecular weight excluding hydrogens is 400 g/mol. The molecule has 0 heterocycles. The fraction of sp³-hybridized carbons (Fsp3) is 0.464. The van der Waals surface area contributed by atoms with E-state index < -0.39 is 0 Å². The third kappa shape index (κ3) is 7.44. The molecule has 0 saturated heterocycles. The van der Waals surface area contributed by atoms with Crippen molar-refractivity contribution in [3.8, 4) is 17.2 Å². The van der Waals surface area contributed by atoms with Crippen LogP contribution in [0.3, 0.4) is 0 Å². The summed E-state index contributed by atoms with van der Waals surface area (Å²) in [4.78, 5) is 12.7. The van der Waals surface area contributed by atoms with Crippen molar-refractivity contribution in [3.63, 3.8) is 0 Å². The molecule has 0 spiro atoms. The standard InChI is InChI=1S/C28H38O4/c1-7-16-30-23-13-11-22(12-14-23)24(29)15-10-21-19-25(31-17-8-2)27(28(4,5)6)26(20-21)32-18-9-3/h10-15,19-20H,7-9,16-18H2,1-6H3. The summed E-state index contributed by atoms with van der Waals surface area (Å²) < 4.78 is 17.8. The summed E-state index contributed by atoms with van der Waals surface area (Å²) in [6, 6.07) is 11.3. The average molecular weight is 439 g/mol. The highest BCUT2D eigenvalue weighted by molar-refractivity contribution is 6.06. The van der Waals surface area contributed by atoms with Crippen molar-refractivity contribution in [2.24, 2.45) is 0 Å². The topological polar surface area (TPSA) is 44.8 Å². The first-order valence-electron chi connectivity index (χ1n) is 11.7. The maximum atomic E-state index is 12.7. The van der Waals surface area contributed by atoms with E-state index in [1.165, 1.54) is 0 Å². The number of carbonyl (C=O) groups excluding carboxylic acids is 1. The van der Waals surface area contributed by atoms with Crippen molar-refractivity contribution in [1.29, 1.82) is 0 Å². The molecule has 32 heavy (non-hydrogen) atoms. The van der Waals surface area contributed by atoms with Gasteiger partial charge in [0, 0.05) is 11.1 Å². The van der Waals surface area contributed by atoms with Gasteiger partial charge in [0.25, 0.3) is 0 Å². The number of rotatable bonds is 12. The van der Waals surface area contributed by atoms with Crippen molar-refractivity contribution in [2.75, 3.05) is 19.8 Å². The van der Waals surface area contributed by atoms with Crippen molar-refractivity contribution in [2.45, 2.75) is 66.2 Å². The predicted molar refractivity (Wildman–Crippen MR) is 132 cm³/mol. The summed E-state index contributed by atoms with van der Waals surface area (Å²) in [7, 11) is 0. The van der Waals surface area contributed by atoms with Crippen LogP contribution in [0.2, 0.25) is 0 Å². The van der Waals surface area contributed by atoms with E-state index in [9.17, 15) is 4.79 Å². The minimum atomic E-state index is -0.133. The molecule has 0 N–H and O–H groups in total. The highest BCUT2D eigenvalue weighted by Crippen LogP contribution is 2.40. The Hall–Kier alpha value is -2.75. The zero-order valence-electron chi connectivity index (χ0n) is 20.5. The Labute approximate surface area is 193 Å². The maximum Gasteiger partial charge on any atom is 0.185 e. The second kappa shape index (κ2) is 12.3. The molecule has 0 unspecified atom stereocenters. The van der Waals surface area contributed by atoms with E-state index in [0.717, 1.165) is 47.6 Å². The van der Waals surface area contributed by atoms with Crippen molar-refractivity contribution >= 4 is 11.9 Å². The second-order valence-electron chi connectivity index (χ2n) is 8.91. The van der Waals surface area contributed by atoms with Crippen LogP contribution in [0.15, 0.2) is 42.5 Å². The Morgan fingerprint density at radius 3 is 1.78 bits per heavy atom. The van der Waals surface area contributed by atoms with Gasteiger partial charge >= 0.3 is 0 Å². The van der Waals surface area contributed by atoms with Gasteiger partial charge in [-0.3, -0.25) is 4.79 Å². The maximum absolute atomic E-state index is 12.7. The molecule has 0 fully saturated rings. The van der Waals surface area contributed by atoms with Crippen LogP contribution in [0.5, 0.6) is 17.2 Å². The number of hydrogen-bond acceptors (Lipinski definition) is 4. The normalized spacial score (nSPS) is 11.6. The molecule has 2 aromatic rings. The lowest BCUT2D eigenvalue weighted by Crippen LogP contribution is -2.16. The molecule has 0 aromatic heterocycles. The smallest absolute Gasteiger partial charge is 0.185 e. The predicted octanol–water partition coefficient (Wildman–Crippen LogP) is 7.25. The van der Waals surface area contributed by atoms with Gasteiger partial charge < -0.3 is 14.2 Å². The van der Waals surface area contributed by atoms with Crippen molar-refractivity contribution < 1.29 is 19.0 Å². The quantitative estimate of drug-likeness (QED) is 0.259. The first-order chi connectivity index (χ1) is 15.3. The van der Waals surface area contributed by atoms with Gasteiger partial charge in [-0.15, -0.1) is 0 Å². The summed E-state index contributed by atoms with van der Waals surface area (Å²) in [6.07, 6.45) is 6.22. The van der Waals surface area contributed by atoms with Crippen LogP contribution in [0.4, 0.5) is 0 Å². The van der Waals surface area contributed by atoms with Gasteiger partial charge in [-0.25, -0.2) is 0 Å². The molecule has 0 aliphatic carbocycles. The van der Waals surface area contributed by atoms with Crippen LogP contribution >= 0.6 is 0 Å². The van der Waals surface area contributed by atoms with E-state index in [1.807, 2.05) is 30.3 Å². The lowest BCUT2D eigenvalue weighted by atomic mass is 9.84. The molecule has 0 atom stereocenters. The molecule has 0 amide bonds. The Kier molecular flexibility index (Phi) is 9.83. The zero-order valence-corrected chi connectivity index (χ0v) is 20.5.